The van der Waals surface area contributed by atoms with Crippen LogP contribution in [-0.2, 0) is 23.1 Å². The number of nitrogens with one attached hydrogen (secondary N) is 1. The van der Waals surface area contributed by atoms with Gasteiger partial charge in [0.25, 0.3) is 5.56 Å². The van der Waals surface area contributed by atoms with E-state index >= 15 is 0 Å². The van der Waals surface area contributed by atoms with E-state index in [0.29, 0.717) is 31.0 Å². The monoisotopic (exact) mass is 555 g/mol. The Morgan fingerprint density at radius 2 is 1.95 bits per heavy atom. The van der Waals surface area contributed by atoms with Crippen molar-refractivity contribution in [1.29, 1.82) is 0 Å². The van der Waals surface area contributed by atoms with Crippen molar-refractivity contribution < 1.29 is 9.53 Å². The highest BCUT2D eigenvalue weighted by atomic mass is 16.5. The molecule has 0 bridgehead atoms. The molecule has 0 spiro atoms. The van der Waals surface area contributed by atoms with Crippen LogP contribution >= 0.6 is 0 Å². The molecule has 40 heavy (non-hydrogen) atoms. The molecular formula is C29H45N7O4. The average Bonchev–Trinajstić information content (AvgIpc) is 3.16. The maximum absolute atomic E-state index is 13.9. The fourth-order valence-electron chi connectivity index (χ4n) is 6.05. The molecule has 0 saturated carbocycles. The second kappa shape index (κ2) is 13.4. The maximum Gasteiger partial charge on any atom is 0.332 e. The van der Waals surface area contributed by atoms with Crippen molar-refractivity contribution >= 4 is 17.5 Å². The van der Waals surface area contributed by atoms with Gasteiger partial charge in [0.15, 0.2) is 6.29 Å². The third kappa shape index (κ3) is 6.39. The lowest BCUT2D eigenvalue weighted by molar-refractivity contribution is -0.152. The van der Waals surface area contributed by atoms with E-state index in [2.05, 4.69) is 33.0 Å². The van der Waals surface area contributed by atoms with Gasteiger partial charge in [-0.15, -0.1) is 5.92 Å². The van der Waals surface area contributed by atoms with Crippen LogP contribution in [0.1, 0.15) is 46.5 Å². The Hall–Kier alpha value is -3.23. The second-order valence-electron chi connectivity index (χ2n) is 11.1. The standard InChI is InChI=1S/C29H45N7O4/c1-6-7-18-35-24-25(31(4)28(35)34-17-9-13-30-14-21-34)32(5)29(39)36(26(24)37)19-10-16-33-15-8-11-23(12-20-33)27(38)40-22(2)3/h9,13,22-23,28,30H,8,10-12,14-21H2,1-5H3. The SMILES string of the molecule is CC#CCN1c2c(n(C)c(=O)n(CCCN3CCCC(C(=O)OC(C)C)CC3)c2=O)N(C)C1N1CC=CNCC1. The van der Waals surface area contributed by atoms with Crippen LogP contribution in [0.25, 0.3) is 0 Å². The number of carbonyl (C=O) groups is 1. The molecule has 1 fully saturated rings. The van der Waals surface area contributed by atoms with Crippen molar-refractivity contribution in [3.63, 3.8) is 0 Å². The molecule has 2 atom stereocenters. The highest BCUT2D eigenvalue weighted by Gasteiger charge is 2.41. The Balaban J connectivity index is 1.50. The lowest BCUT2D eigenvalue weighted by atomic mass is 10.0. The fourth-order valence-corrected chi connectivity index (χ4v) is 6.05. The minimum atomic E-state index is -0.303. The van der Waals surface area contributed by atoms with Gasteiger partial charge in [-0.1, -0.05) is 12.0 Å². The van der Waals surface area contributed by atoms with Crippen molar-refractivity contribution in [3.8, 4) is 11.8 Å². The third-order valence-electron chi connectivity index (χ3n) is 7.98. The molecule has 4 heterocycles. The molecule has 11 nitrogen and oxygen atoms in total. The summed E-state index contributed by atoms with van der Waals surface area (Å²) in [7, 11) is 3.69. The normalized spacial score (nSPS) is 21.9. The van der Waals surface area contributed by atoms with E-state index in [4.69, 9.17) is 4.74 Å². The summed E-state index contributed by atoms with van der Waals surface area (Å²) in [6.07, 6.45) is 6.92. The predicted octanol–water partition coefficient (Wildman–Crippen LogP) is 0.973. The molecule has 1 aromatic rings. The smallest absolute Gasteiger partial charge is 0.332 e. The van der Waals surface area contributed by atoms with Gasteiger partial charge in [-0.05, 0) is 72.3 Å². The molecule has 11 heteroatoms. The van der Waals surface area contributed by atoms with Crippen molar-refractivity contribution in [3.05, 3.63) is 33.1 Å². The van der Waals surface area contributed by atoms with E-state index in [1.165, 1.54) is 4.57 Å². The number of carbonyl (C=O) groups excluding carboxylic acids is 1. The molecule has 4 rings (SSSR count). The van der Waals surface area contributed by atoms with Gasteiger partial charge >= 0.3 is 11.7 Å². The number of fused-ring (bicyclic) bond motifs is 1. The Kier molecular flexibility index (Phi) is 9.98. The van der Waals surface area contributed by atoms with E-state index in [-0.39, 0.29) is 35.5 Å². The zero-order valence-corrected chi connectivity index (χ0v) is 24.7. The Morgan fingerprint density at radius 1 is 1.15 bits per heavy atom. The van der Waals surface area contributed by atoms with Gasteiger partial charge in [-0.2, -0.15) is 0 Å². The number of hydrogen-bond acceptors (Lipinski definition) is 9. The van der Waals surface area contributed by atoms with Crippen LogP contribution in [0.3, 0.4) is 0 Å². The number of anilines is 2. The lowest BCUT2D eigenvalue weighted by Gasteiger charge is -2.37. The number of hydrogen-bond donors (Lipinski definition) is 1. The molecular weight excluding hydrogens is 510 g/mol. The summed E-state index contributed by atoms with van der Waals surface area (Å²) in [6, 6.07) is 0. The van der Waals surface area contributed by atoms with Crippen molar-refractivity contribution in [2.45, 2.75) is 65.4 Å². The van der Waals surface area contributed by atoms with Gasteiger partial charge in [0.1, 0.15) is 11.5 Å². The van der Waals surface area contributed by atoms with Crippen LogP contribution in [0.4, 0.5) is 11.5 Å². The zero-order valence-electron chi connectivity index (χ0n) is 24.7. The Labute approximate surface area is 237 Å². The van der Waals surface area contributed by atoms with Crippen LogP contribution in [0.2, 0.25) is 0 Å². The molecule has 0 aliphatic carbocycles. The van der Waals surface area contributed by atoms with Gasteiger partial charge in [-0.3, -0.25) is 23.6 Å². The van der Waals surface area contributed by atoms with Crippen molar-refractivity contribution in [2.24, 2.45) is 13.0 Å². The topological polar surface area (TPSA) is 95.3 Å². The Morgan fingerprint density at radius 3 is 2.70 bits per heavy atom. The van der Waals surface area contributed by atoms with Crippen molar-refractivity contribution in [1.82, 2.24) is 24.3 Å². The molecule has 1 saturated heterocycles. The van der Waals surface area contributed by atoms with E-state index in [1.807, 2.05) is 36.9 Å². The van der Waals surface area contributed by atoms with Gasteiger partial charge in [0, 0.05) is 40.3 Å². The number of likely N-dealkylation sites (tertiary alicyclic amines) is 1. The van der Waals surface area contributed by atoms with Gasteiger partial charge in [-0.25, -0.2) is 4.79 Å². The summed E-state index contributed by atoms with van der Waals surface area (Å²) in [4.78, 5) is 48.4. The van der Waals surface area contributed by atoms with Crippen LogP contribution < -0.4 is 26.4 Å². The van der Waals surface area contributed by atoms with Gasteiger partial charge < -0.3 is 24.8 Å². The number of aromatic nitrogens is 2. The van der Waals surface area contributed by atoms with Gasteiger partial charge in [0.05, 0.1) is 18.6 Å². The molecule has 2 unspecified atom stereocenters. The van der Waals surface area contributed by atoms with E-state index < -0.39 is 0 Å². The minimum absolute atomic E-state index is 0.0587. The molecule has 1 N–H and O–H groups in total. The minimum Gasteiger partial charge on any atom is -0.463 e. The summed E-state index contributed by atoms with van der Waals surface area (Å²) in [6.45, 7) is 11.1. The van der Waals surface area contributed by atoms with E-state index in [1.54, 1.807) is 18.5 Å². The summed E-state index contributed by atoms with van der Waals surface area (Å²) >= 11 is 0. The summed E-state index contributed by atoms with van der Waals surface area (Å²) in [5, 5.41) is 3.27. The summed E-state index contributed by atoms with van der Waals surface area (Å²) < 4.78 is 8.41. The highest BCUT2D eigenvalue weighted by molar-refractivity contribution is 5.74. The second-order valence-corrected chi connectivity index (χ2v) is 11.1. The first-order valence-electron chi connectivity index (χ1n) is 14.5. The zero-order chi connectivity index (χ0) is 28.8. The average molecular weight is 556 g/mol. The van der Waals surface area contributed by atoms with Crippen molar-refractivity contribution in [2.75, 3.05) is 62.7 Å². The molecule has 220 valence electrons. The number of rotatable bonds is 8. The molecule has 0 amide bonds. The molecule has 1 aromatic heterocycles. The lowest BCUT2D eigenvalue weighted by Crippen LogP contribution is -2.55. The molecule has 3 aliphatic heterocycles. The van der Waals surface area contributed by atoms with Crippen LogP contribution in [0, 0.1) is 17.8 Å². The van der Waals surface area contributed by atoms with Crippen LogP contribution in [0.5, 0.6) is 0 Å². The third-order valence-corrected chi connectivity index (χ3v) is 7.98. The number of ether oxygens (including phenoxy) is 1. The first-order valence-corrected chi connectivity index (χ1v) is 14.5. The summed E-state index contributed by atoms with van der Waals surface area (Å²) in [5.41, 5.74) is -0.0383. The van der Waals surface area contributed by atoms with E-state index in [0.717, 1.165) is 58.5 Å². The quantitative estimate of drug-likeness (QED) is 0.372. The molecule has 3 aliphatic rings. The Bertz CT molecular complexity index is 1260. The highest BCUT2D eigenvalue weighted by Crippen LogP contribution is 2.35. The first kappa shape index (κ1) is 29.7. The predicted molar refractivity (Wildman–Crippen MR) is 157 cm³/mol. The number of nitrogens with zero attached hydrogens (tertiary/aromatic N) is 6. The fraction of sp³-hybridized carbons (Fsp3) is 0.690. The number of esters is 1. The molecule has 0 radical (unpaired) electrons. The largest absolute Gasteiger partial charge is 0.463 e. The van der Waals surface area contributed by atoms with Crippen LogP contribution in [-0.4, -0.2) is 90.2 Å². The molecule has 0 aromatic carbocycles. The van der Waals surface area contributed by atoms with E-state index in [9.17, 15) is 14.4 Å². The van der Waals surface area contributed by atoms with Crippen LogP contribution in [0.15, 0.2) is 21.9 Å². The maximum atomic E-state index is 13.9. The van der Waals surface area contributed by atoms with Gasteiger partial charge in [0.2, 0.25) is 0 Å². The first-order chi connectivity index (χ1) is 19.2. The summed E-state index contributed by atoms with van der Waals surface area (Å²) in [5.74, 6) is 6.58.